The van der Waals surface area contributed by atoms with Crippen LogP contribution in [-0.2, 0) is 6.42 Å². The third-order valence-electron chi connectivity index (χ3n) is 4.08. The van der Waals surface area contributed by atoms with E-state index in [4.69, 9.17) is 51.7 Å². The molecule has 3 rings (SSSR count). The maximum atomic E-state index is 8.63. The number of aromatic nitrogens is 1. The van der Waals surface area contributed by atoms with E-state index in [9.17, 15) is 0 Å². The van der Waals surface area contributed by atoms with Crippen LogP contribution in [-0.4, -0.2) is 18.1 Å². The van der Waals surface area contributed by atoms with Crippen LogP contribution in [0.2, 0.25) is 20.1 Å². The van der Waals surface area contributed by atoms with Gasteiger partial charge in [0.25, 0.3) is 0 Å². The van der Waals surface area contributed by atoms with Crippen molar-refractivity contribution < 1.29 is 0 Å². The fourth-order valence-electron chi connectivity index (χ4n) is 2.91. The van der Waals surface area contributed by atoms with E-state index in [1.807, 2.05) is 24.3 Å². The molecule has 0 saturated heterocycles. The average Bonchev–Trinajstić information content (AvgIpc) is 2.92. The fourth-order valence-corrected chi connectivity index (χ4v) is 3.75. The SMILES string of the molecule is N#CCCNCCc1[nH]c2cc(Cl)c(Cl)cc2c1-c1ccc(Cl)cc1Cl. The second-order valence-corrected chi connectivity index (χ2v) is 7.48. The number of hydrogen-bond donors (Lipinski definition) is 2. The van der Waals surface area contributed by atoms with Crippen molar-refractivity contribution in [2.75, 3.05) is 13.1 Å². The quantitative estimate of drug-likeness (QED) is 0.442. The van der Waals surface area contributed by atoms with Gasteiger partial charge in [0, 0.05) is 63.7 Å². The molecule has 0 amide bonds. The molecule has 3 nitrogen and oxygen atoms in total. The van der Waals surface area contributed by atoms with Crippen molar-refractivity contribution in [2.45, 2.75) is 12.8 Å². The van der Waals surface area contributed by atoms with Crippen molar-refractivity contribution in [1.82, 2.24) is 10.3 Å². The molecule has 0 radical (unpaired) electrons. The summed E-state index contributed by atoms with van der Waals surface area (Å²) in [4.78, 5) is 3.42. The van der Waals surface area contributed by atoms with E-state index >= 15 is 0 Å². The van der Waals surface area contributed by atoms with Crippen LogP contribution < -0.4 is 5.32 Å². The Hall–Kier alpha value is -1.41. The molecule has 0 atom stereocenters. The summed E-state index contributed by atoms with van der Waals surface area (Å²) in [6.07, 6.45) is 1.22. The topological polar surface area (TPSA) is 51.6 Å². The number of nitrogens with zero attached hydrogens (tertiary/aromatic N) is 1. The minimum atomic E-state index is 0.480. The molecule has 2 N–H and O–H groups in total. The summed E-state index contributed by atoms with van der Waals surface area (Å²) in [7, 11) is 0. The largest absolute Gasteiger partial charge is 0.358 e. The van der Waals surface area contributed by atoms with Crippen LogP contribution in [0.3, 0.4) is 0 Å². The van der Waals surface area contributed by atoms with Gasteiger partial charge in [0.05, 0.1) is 16.1 Å². The Morgan fingerprint density at radius 2 is 1.73 bits per heavy atom. The Morgan fingerprint density at radius 3 is 2.46 bits per heavy atom. The van der Waals surface area contributed by atoms with Gasteiger partial charge in [-0.05, 0) is 24.3 Å². The Bertz CT molecular complexity index is 989. The Balaban J connectivity index is 2.06. The molecule has 0 unspecified atom stereocenters. The number of fused-ring (bicyclic) bond motifs is 1. The van der Waals surface area contributed by atoms with Crippen molar-refractivity contribution in [3.63, 3.8) is 0 Å². The van der Waals surface area contributed by atoms with Crippen LogP contribution in [0.4, 0.5) is 0 Å². The highest BCUT2D eigenvalue weighted by atomic mass is 35.5. The van der Waals surface area contributed by atoms with Gasteiger partial charge in [0.15, 0.2) is 0 Å². The second kappa shape index (κ2) is 8.52. The number of halogens is 4. The van der Waals surface area contributed by atoms with Gasteiger partial charge in [-0.25, -0.2) is 0 Å². The van der Waals surface area contributed by atoms with Crippen molar-refractivity contribution in [3.05, 3.63) is 56.1 Å². The first-order valence-electron chi connectivity index (χ1n) is 8.04. The van der Waals surface area contributed by atoms with E-state index in [1.54, 1.807) is 6.07 Å². The van der Waals surface area contributed by atoms with E-state index in [1.165, 1.54) is 0 Å². The highest BCUT2D eigenvalue weighted by Crippen LogP contribution is 2.40. The monoisotopic (exact) mass is 425 g/mol. The van der Waals surface area contributed by atoms with Gasteiger partial charge < -0.3 is 10.3 Å². The summed E-state index contributed by atoms with van der Waals surface area (Å²) in [5.74, 6) is 0. The van der Waals surface area contributed by atoms with Gasteiger partial charge in [-0.3, -0.25) is 0 Å². The van der Waals surface area contributed by atoms with Crippen LogP contribution in [0.25, 0.3) is 22.0 Å². The highest BCUT2D eigenvalue weighted by Gasteiger charge is 2.17. The molecule has 3 aromatic rings. The van der Waals surface area contributed by atoms with Crippen molar-refractivity contribution in [3.8, 4) is 17.2 Å². The Labute approximate surface area is 171 Å². The van der Waals surface area contributed by atoms with E-state index in [-0.39, 0.29) is 0 Å². The van der Waals surface area contributed by atoms with E-state index in [0.717, 1.165) is 40.7 Å². The summed E-state index contributed by atoms with van der Waals surface area (Å²) < 4.78 is 0. The van der Waals surface area contributed by atoms with E-state index < -0.39 is 0 Å². The van der Waals surface area contributed by atoms with Crippen molar-refractivity contribution >= 4 is 57.3 Å². The van der Waals surface area contributed by atoms with Gasteiger partial charge in [0.1, 0.15) is 0 Å². The van der Waals surface area contributed by atoms with Crippen LogP contribution in [0, 0.1) is 11.3 Å². The normalized spacial score (nSPS) is 11.0. The molecule has 0 aliphatic heterocycles. The lowest BCUT2D eigenvalue weighted by Gasteiger charge is -2.09. The second-order valence-electron chi connectivity index (χ2n) is 5.82. The molecule has 1 aromatic heterocycles. The molecular formula is C19H15Cl4N3. The average molecular weight is 427 g/mol. The lowest BCUT2D eigenvalue weighted by atomic mass is 10.0. The van der Waals surface area contributed by atoms with Crippen molar-refractivity contribution in [1.29, 1.82) is 5.26 Å². The molecule has 0 spiro atoms. The first-order chi connectivity index (χ1) is 12.5. The summed E-state index contributed by atoms with van der Waals surface area (Å²) in [6, 6.07) is 11.2. The van der Waals surface area contributed by atoms with E-state index in [0.29, 0.717) is 33.1 Å². The predicted octanol–water partition coefficient (Wildman–Crippen LogP) is 6.49. The predicted molar refractivity (Wildman–Crippen MR) is 111 cm³/mol. The van der Waals surface area contributed by atoms with Crippen LogP contribution >= 0.6 is 46.4 Å². The third kappa shape index (κ3) is 4.11. The van der Waals surface area contributed by atoms with Crippen molar-refractivity contribution in [2.24, 2.45) is 0 Å². The van der Waals surface area contributed by atoms with Crippen LogP contribution in [0.15, 0.2) is 30.3 Å². The van der Waals surface area contributed by atoms with Gasteiger partial charge in [-0.2, -0.15) is 5.26 Å². The molecular weight excluding hydrogens is 412 g/mol. The molecule has 0 bridgehead atoms. The number of nitriles is 1. The van der Waals surface area contributed by atoms with Crippen LogP contribution in [0.1, 0.15) is 12.1 Å². The zero-order valence-electron chi connectivity index (χ0n) is 13.7. The molecule has 26 heavy (non-hydrogen) atoms. The highest BCUT2D eigenvalue weighted by molar-refractivity contribution is 6.43. The lowest BCUT2D eigenvalue weighted by molar-refractivity contribution is 0.688. The summed E-state index contributed by atoms with van der Waals surface area (Å²) in [6.45, 7) is 1.39. The molecule has 1 heterocycles. The maximum absolute atomic E-state index is 8.63. The number of hydrogen-bond acceptors (Lipinski definition) is 2. The van der Waals surface area contributed by atoms with Crippen LogP contribution in [0.5, 0.6) is 0 Å². The van der Waals surface area contributed by atoms with Gasteiger partial charge in [0.2, 0.25) is 0 Å². The zero-order chi connectivity index (χ0) is 18.7. The summed E-state index contributed by atoms with van der Waals surface area (Å²) in [5, 5.41) is 15.0. The van der Waals surface area contributed by atoms with E-state index in [2.05, 4.69) is 16.4 Å². The van der Waals surface area contributed by atoms with Gasteiger partial charge in [-0.15, -0.1) is 0 Å². The number of nitrogens with one attached hydrogen (secondary N) is 2. The smallest absolute Gasteiger partial charge is 0.0635 e. The zero-order valence-corrected chi connectivity index (χ0v) is 16.7. The molecule has 0 saturated carbocycles. The number of rotatable bonds is 6. The minimum Gasteiger partial charge on any atom is -0.358 e. The minimum absolute atomic E-state index is 0.480. The molecule has 0 aliphatic rings. The first kappa shape index (κ1) is 19.4. The molecule has 134 valence electrons. The molecule has 0 aliphatic carbocycles. The first-order valence-corrected chi connectivity index (χ1v) is 9.55. The Morgan fingerprint density at radius 1 is 0.962 bits per heavy atom. The Kier molecular flexibility index (Phi) is 6.34. The fraction of sp³-hybridized carbons (Fsp3) is 0.211. The molecule has 7 heteroatoms. The maximum Gasteiger partial charge on any atom is 0.0635 e. The lowest BCUT2D eigenvalue weighted by Crippen LogP contribution is -2.18. The van der Waals surface area contributed by atoms with Gasteiger partial charge >= 0.3 is 0 Å². The summed E-state index contributed by atoms with van der Waals surface area (Å²) in [5.41, 5.74) is 3.79. The number of aromatic amines is 1. The molecule has 2 aromatic carbocycles. The standard InChI is InChI=1S/C19H15Cl4N3/c20-11-2-3-12(14(21)8-11)19-13-9-15(22)16(23)10-18(13)26-17(19)4-7-25-6-1-5-24/h2-3,8-10,25-26H,1,4,6-7H2. The number of H-pyrrole nitrogens is 1. The molecule has 0 fully saturated rings. The summed E-state index contributed by atoms with van der Waals surface area (Å²) >= 11 is 24.9. The third-order valence-corrected chi connectivity index (χ3v) is 5.35. The van der Waals surface area contributed by atoms with Gasteiger partial charge in [-0.1, -0.05) is 52.5 Å². The number of benzene rings is 2.